The number of allylic oxidation sites excluding steroid dienone is 1. The molecule has 1 fully saturated rings. The van der Waals surface area contributed by atoms with Crippen LogP contribution in [0.25, 0.3) is 6.08 Å². The fourth-order valence-electron chi connectivity index (χ4n) is 3.89. The highest BCUT2D eigenvalue weighted by atomic mass is 79.9. The Morgan fingerprint density at radius 2 is 1.89 bits per heavy atom. The first-order valence-electron chi connectivity index (χ1n) is 11.2. The van der Waals surface area contributed by atoms with Crippen LogP contribution >= 0.6 is 51.3 Å². The number of hydrogen-bond acceptors (Lipinski definition) is 4. The van der Waals surface area contributed by atoms with Crippen molar-refractivity contribution in [3.05, 3.63) is 110 Å². The maximum Gasteiger partial charge on any atom is 0.270 e. The van der Waals surface area contributed by atoms with Gasteiger partial charge >= 0.3 is 0 Å². The lowest BCUT2D eigenvalue weighted by molar-refractivity contribution is -0.122. The van der Waals surface area contributed by atoms with Gasteiger partial charge in [-0.15, -0.1) is 6.58 Å². The number of nitrogens with zero attached hydrogens (tertiary/aromatic N) is 1. The quantitative estimate of drug-likeness (QED) is 0.132. The van der Waals surface area contributed by atoms with Crippen LogP contribution in [0.1, 0.15) is 22.3 Å². The zero-order valence-corrected chi connectivity index (χ0v) is 23.6. The first kappa shape index (κ1) is 27.1. The Bertz CT molecular complexity index is 1470. The molecule has 1 saturated heterocycles. The fraction of sp³-hybridized carbons (Fsp3) is 0.107. The van der Waals surface area contributed by atoms with Crippen molar-refractivity contribution in [1.82, 2.24) is 5.32 Å². The fourth-order valence-corrected chi connectivity index (χ4v) is 5.18. The molecule has 9 heteroatoms. The number of ether oxygens (including phenoxy) is 1. The molecule has 2 amide bonds. The van der Waals surface area contributed by atoms with Crippen molar-refractivity contribution < 1.29 is 14.3 Å². The number of rotatable bonds is 7. The summed E-state index contributed by atoms with van der Waals surface area (Å²) < 4.78 is 6.83. The van der Waals surface area contributed by atoms with Crippen LogP contribution in [0.4, 0.5) is 5.69 Å². The number of hydrogen-bond donors (Lipinski definition) is 1. The molecule has 0 aromatic heterocycles. The normalized spacial score (nSPS) is 14.6. The van der Waals surface area contributed by atoms with E-state index in [9.17, 15) is 9.59 Å². The predicted molar refractivity (Wildman–Crippen MR) is 156 cm³/mol. The van der Waals surface area contributed by atoms with Gasteiger partial charge in [-0.05, 0) is 88.5 Å². The molecule has 1 aliphatic heterocycles. The second-order valence-electron chi connectivity index (χ2n) is 8.29. The second kappa shape index (κ2) is 11.6. The van der Waals surface area contributed by atoms with Gasteiger partial charge in [0.25, 0.3) is 11.8 Å². The first-order chi connectivity index (χ1) is 17.7. The molecule has 0 radical (unpaired) electrons. The first-order valence-corrected chi connectivity index (χ1v) is 13.1. The Labute approximate surface area is 238 Å². The lowest BCUT2D eigenvalue weighted by Crippen LogP contribution is -2.54. The van der Waals surface area contributed by atoms with E-state index in [2.05, 4.69) is 33.9 Å². The largest absolute Gasteiger partial charge is 0.487 e. The number of aryl methyl sites for hydroxylation is 1. The molecule has 5 nitrogen and oxygen atoms in total. The van der Waals surface area contributed by atoms with Gasteiger partial charge in [0.1, 0.15) is 17.9 Å². The summed E-state index contributed by atoms with van der Waals surface area (Å²) in [5, 5.41) is 2.89. The summed E-state index contributed by atoms with van der Waals surface area (Å²) in [5.74, 6) is -0.554. The Morgan fingerprint density at radius 1 is 1.14 bits per heavy atom. The highest BCUT2D eigenvalue weighted by Crippen LogP contribution is 2.36. The molecule has 1 heterocycles. The van der Waals surface area contributed by atoms with Crippen LogP contribution in [-0.2, 0) is 22.6 Å². The van der Waals surface area contributed by atoms with E-state index in [0.29, 0.717) is 28.8 Å². The van der Waals surface area contributed by atoms with Crippen LogP contribution in [0.15, 0.2) is 77.3 Å². The molecule has 0 bridgehead atoms. The molecule has 0 spiro atoms. The number of nitrogens with one attached hydrogen (secondary N) is 1. The number of carbonyl (C=O) groups is 2. The molecule has 1 N–H and O–H groups in total. The van der Waals surface area contributed by atoms with Crippen molar-refractivity contribution in [2.75, 3.05) is 4.90 Å². The van der Waals surface area contributed by atoms with Crippen molar-refractivity contribution in [1.29, 1.82) is 0 Å². The predicted octanol–water partition coefficient (Wildman–Crippen LogP) is 7.20. The molecular formula is C28H21BrCl2N2O3S. The van der Waals surface area contributed by atoms with E-state index in [1.165, 1.54) is 6.08 Å². The highest BCUT2D eigenvalue weighted by Gasteiger charge is 2.35. The van der Waals surface area contributed by atoms with Gasteiger partial charge in [-0.3, -0.25) is 19.8 Å². The van der Waals surface area contributed by atoms with Gasteiger partial charge in [-0.1, -0.05) is 65.2 Å². The second-order valence-corrected chi connectivity index (χ2v) is 10.3. The van der Waals surface area contributed by atoms with Gasteiger partial charge in [0.05, 0.1) is 20.2 Å². The molecule has 4 rings (SSSR count). The van der Waals surface area contributed by atoms with Crippen molar-refractivity contribution in [3.63, 3.8) is 0 Å². The zero-order valence-electron chi connectivity index (χ0n) is 19.7. The third kappa shape index (κ3) is 5.96. The summed E-state index contributed by atoms with van der Waals surface area (Å²) in [7, 11) is 0. The van der Waals surface area contributed by atoms with E-state index < -0.39 is 11.8 Å². The van der Waals surface area contributed by atoms with Gasteiger partial charge in [-0.25, -0.2) is 0 Å². The van der Waals surface area contributed by atoms with Crippen LogP contribution in [0, 0.1) is 6.92 Å². The van der Waals surface area contributed by atoms with Crippen LogP contribution < -0.4 is 15.0 Å². The topological polar surface area (TPSA) is 58.6 Å². The molecular weight excluding hydrogens is 595 g/mol. The Hall–Kier alpha value is -2.97. The summed E-state index contributed by atoms with van der Waals surface area (Å²) in [5.41, 5.74) is 3.84. The van der Waals surface area contributed by atoms with Gasteiger partial charge in [0.15, 0.2) is 5.11 Å². The summed E-state index contributed by atoms with van der Waals surface area (Å²) in [6.07, 6.45) is 3.79. The maximum atomic E-state index is 13.4. The number of carbonyl (C=O) groups excluding carboxylic acids is 2. The highest BCUT2D eigenvalue weighted by molar-refractivity contribution is 9.10. The van der Waals surface area contributed by atoms with Gasteiger partial charge < -0.3 is 4.74 Å². The third-order valence-corrected chi connectivity index (χ3v) is 7.24. The molecule has 3 aromatic carbocycles. The third-order valence-electron chi connectivity index (χ3n) is 5.56. The molecule has 0 saturated carbocycles. The average molecular weight is 616 g/mol. The molecule has 37 heavy (non-hydrogen) atoms. The summed E-state index contributed by atoms with van der Waals surface area (Å²) in [6.45, 7) is 6.26. The average Bonchev–Trinajstić information content (AvgIpc) is 2.84. The monoisotopic (exact) mass is 614 g/mol. The zero-order chi connectivity index (χ0) is 26.7. The molecule has 0 unspecified atom stereocenters. The van der Waals surface area contributed by atoms with Gasteiger partial charge in [-0.2, -0.15) is 0 Å². The van der Waals surface area contributed by atoms with E-state index in [-0.39, 0.29) is 26.4 Å². The Kier molecular flexibility index (Phi) is 8.49. The van der Waals surface area contributed by atoms with Crippen LogP contribution in [0.3, 0.4) is 0 Å². The number of thiocarbonyl (C=S) groups is 1. The summed E-state index contributed by atoms with van der Waals surface area (Å²) in [6, 6.07) is 16.6. The maximum absolute atomic E-state index is 13.4. The van der Waals surface area contributed by atoms with E-state index in [4.69, 9.17) is 40.2 Å². The van der Waals surface area contributed by atoms with E-state index >= 15 is 0 Å². The van der Waals surface area contributed by atoms with Crippen molar-refractivity contribution in [3.8, 4) is 5.75 Å². The standard InChI is InChI=1S/C28H21BrCl2N2O3S/c1-3-6-19-12-18(14-21(29)25(19)36-15-17-8-4-7-16(2)11-17)13-20-26(34)32-28(37)33(27(20)35)23-10-5-9-22(30)24(23)31/h3-5,7-14H,1,6,15H2,2H3,(H,32,34,37)/b20-13+. The number of halogens is 3. The lowest BCUT2D eigenvalue weighted by atomic mass is 10.0. The van der Waals surface area contributed by atoms with Crippen molar-refractivity contribution in [2.24, 2.45) is 0 Å². The van der Waals surface area contributed by atoms with E-state index in [0.717, 1.165) is 21.6 Å². The molecule has 188 valence electrons. The Balaban J connectivity index is 1.69. The minimum atomic E-state index is -0.612. The van der Waals surface area contributed by atoms with E-state index in [1.54, 1.807) is 30.3 Å². The van der Waals surface area contributed by atoms with Gasteiger partial charge in [0.2, 0.25) is 0 Å². The minimum Gasteiger partial charge on any atom is -0.487 e. The minimum absolute atomic E-state index is 0.0789. The number of amides is 2. The number of anilines is 1. The Morgan fingerprint density at radius 3 is 2.62 bits per heavy atom. The van der Waals surface area contributed by atoms with Crippen LogP contribution in [0.5, 0.6) is 5.75 Å². The van der Waals surface area contributed by atoms with Crippen molar-refractivity contribution >= 4 is 80.0 Å². The molecule has 0 aliphatic carbocycles. The molecule has 3 aromatic rings. The molecule has 0 atom stereocenters. The van der Waals surface area contributed by atoms with Crippen molar-refractivity contribution in [2.45, 2.75) is 20.0 Å². The summed E-state index contributed by atoms with van der Waals surface area (Å²) >= 11 is 21.3. The smallest absolute Gasteiger partial charge is 0.270 e. The van der Waals surface area contributed by atoms with E-state index in [1.807, 2.05) is 31.2 Å². The lowest BCUT2D eigenvalue weighted by Gasteiger charge is -2.29. The SMILES string of the molecule is C=CCc1cc(/C=C2\C(=O)NC(=S)N(c3cccc(Cl)c3Cl)C2=O)cc(Br)c1OCc1cccc(C)c1. The number of benzene rings is 3. The van der Waals surface area contributed by atoms with Gasteiger partial charge in [0, 0.05) is 0 Å². The summed E-state index contributed by atoms with van der Waals surface area (Å²) in [4.78, 5) is 27.4. The van der Waals surface area contributed by atoms with Crippen LogP contribution in [0.2, 0.25) is 10.0 Å². The molecule has 1 aliphatic rings. The van der Waals surface area contributed by atoms with Crippen LogP contribution in [-0.4, -0.2) is 16.9 Å².